The van der Waals surface area contributed by atoms with Gasteiger partial charge in [-0.1, -0.05) is 36.0 Å². The Morgan fingerprint density at radius 3 is 2.83 bits per heavy atom. The summed E-state index contributed by atoms with van der Waals surface area (Å²) in [7, 11) is 0. The van der Waals surface area contributed by atoms with Crippen molar-refractivity contribution in [1.29, 1.82) is 0 Å². The Balaban J connectivity index is 1.20. The zero-order valence-corrected chi connectivity index (χ0v) is 17.5. The van der Waals surface area contributed by atoms with Crippen molar-refractivity contribution < 1.29 is 9.15 Å². The van der Waals surface area contributed by atoms with Crippen molar-refractivity contribution >= 4 is 17.6 Å². The lowest BCUT2D eigenvalue weighted by atomic mass is 9.96. The second-order valence-corrected chi connectivity index (χ2v) is 9.01. The number of likely N-dealkylation sites (tertiary alicyclic amines) is 1. The Morgan fingerprint density at radius 2 is 1.93 bits per heavy atom. The third-order valence-corrected chi connectivity index (χ3v) is 6.83. The molecule has 3 heterocycles. The third kappa shape index (κ3) is 4.38. The standard InChI is InChI=1S/C22H29ClN4O2/c23-16-9-10-19-15(13-16)8-11-20(28-19)24-22-26-25-21(29-22)14-18-7-3-4-12-27(18)17-5-1-2-6-17/h9-10,13,17-18,20H,1-8,11-12,14H2,(H,24,26). The van der Waals surface area contributed by atoms with E-state index in [1.807, 2.05) is 18.2 Å². The van der Waals surface area contributed by atoms with Crippen LogP contribution in [0.4, 0.5) is 6.01 Å². The van der Waals surface area contributed by atoms with Crippen LogP contribution in [0.25, 0.3) is 0 Å². The normalized spacial score (nSPS) is 25.6. The van der Waals surface area contributed by atoms with Crippen LogP contribution in [0.3, 0.4) is 0 Å². The van der Waals surface area contributed by atoms with Crippen LogP contribution >= 0.6 is 11.6 Å². The van der Waals surface area contributed by atoms with Gasteiger partial charge in [-0.05, 0) is 62.4 Å². The predicted octanol–water partition coefficient (Wildman–Crippen LogP) is 4.83. The number of ether oxygens (including phenoxy) is 1. The number of anilines is 1. The molecule has 2 aliphatic heterocycles. The first-order valence-corrected chi connectivity index (χ1v) is 11.4. The third-order valence-electron chi connectivity index (χ3n) is 6.60. The highest BCUT2D eigenvalue weighted by Crippen LogP contribution is 2.32. The lowest BCUT2D eigenvalue weighted by molar-refractivity contribution is 0.0925. The van der Waals surface area contributed by atoms with Crippen LogP contribution in [-0.4, -0.2) is 40.0 Å². The van der Waals surface area contributed by atoms with Gasteiger partial charge in [0, 0.05) is 29.9 Å². The Kier molecular flexibility index (Phi) is 5.64. The first-order chi connectivity index (χ1) is 14.2. The molecular formula is C22H29ClN4O2. The molecule has 1 aliphatic carbocycles. The fraction of sp³-hybridized carbons (Fsp3) is 0.636. The van der Waals surface area contributed by atoms with Gasteiger partial charge in [-0.2, -0.15) is 0 Å². The summed E-state index contributed by atoms with van der Waals surface area (Å²) in [4.78, 5) is 2.72. The predicted molar refractivity (Wildman–Crippen MR) is 112 cm³/mol. The number of halogens is 1. The lowest BCUT2D eigenvalue weighted by Crippen LogP contribution is -2.46. The minimum atomic E-state index is -0.165. The summed E-state index contributed by atoms with van der Waals surface area (Å²) in [5, 5.41) is 12.5. The van der Waals surface area contributed by atoms with Crippen LogP contribution < -0.4 is 10.1 Å². The van der Waals surface area contributed by atoms with Crippen molar-refractivity contribution in [2.45, 2.75) is 82.5 Å². The molecule has 1 saturated heterocycles. The molecule has 1 aromatic heterocycles. The maximum absolute atomic E-state index is 6.07. The quantitative estimate of drug-likeness (QED) is 0.753. The van der Waals surface area contributed by atoms with Crippen molar-refractivity contribution in [3.63, 3.8) is 0 Å². The minimum Gasteiger partial charge on any atom is -0.470 e. The molecule has 0 bridgehead atoms. The van der Waals surface area contributed by atoms with Crippen LogP contribution in [0.2, 0.25) is 5.02 Å². The van der Waals surface area contributed by atoms with E-state index in [1.165, 1.54) is 51.5 Å². The van der Waals surface area contributed by atoms with E-state index in [1.54, 1.807) is 0 Å². The summed E-state index contributed by atoms with van der Waals surface area (Å²) in [6.07, 6.45) is 11.7. The van der Waals surface area contributed by atoms with Gasteiger partial charge in [0.15, 0.2) is 6.23 Å². The van der Waals surface area contributed by atoms with E-state index < -0.39 is 0 Å². The number of nitrogens with one attached hydrogen (secondary N) is 1. The molecule has 3 aliphatic rings. The number of hydrogen-bond donors (Lipinski definition) is 1. The van der Waals surface area contributed by atoms with Crippen LogP contribution in [0.15, 0.2) is 22.6 Å². The van der Waals surface area contributed by atoms with Gasteiger partial charge < -0.3 is 14.5 Å². The summed E-state index contributed by atoms with van der Waals surface area (Å²) >= 11 is 6.07. The maximum Gasteiger partial charge on any atom is 0.318 e. The van der Waals surface area contributed by atoms with Gasteiger partial charge in [0.1, 0.15) is 5.75 Å². The largest absolute Gasteiger partial charge is 0.470 e. The molecule has 0 amide bonds. The number of piperidine rings is 1. The van der Waals surface area contributed by atoms with Crippen LogP contribution in [0.1, 0.15) is 62.8 Å². The number of hydrogen-bond acceptors (Lipinski definition) is 6. The van der Waals surface area contributed by atoms with Gasteiger partial charge in [0.05, 0.1) is 0 Å². The van der Waals surface area contributed by atoms with Crippen molar-refractivity contribution in [3.05, 3.63) is 34.7 Å². The first-order valence-electron chi connectivity index (χ1n) is 11.0. The van der Waals surface area contributed by atoms with E-state index in [-0.39, 0.29) is 6.23 Å². The van der Waals surface area contributed by atoms with Gasteiger partial charge >= 0.3 is 6.01 Å². The Hall–Kier alpha value is -1.79. The van der Waals surface area contributed by atoms with Crippen molar-refractivity contribution in [2.75, 3.05) is 11.9 Å². The summed E-state index contributed by atoms with van der Waals surface area (Å²) in [5.74, 6) is 1.60. The van der Waals surface area contributed by atoms with E-state index in [4.69, 9.17) is 20.8 Å². The zero-order valence-electron chi connectivity index (χ0n) is 16.8. The van der Waals surface area contributed by atoms with E-state index in [0.29, 0.717) is 12.1 Å². The average molecular weight is 417 g/mol. The fourth-order valence-corrected chi connectivity index (χ4v) is 5.35. The van der Waals surface area contributed by atoms with E-state index >= 15 is 0 Å². The molecule has 0 spiro atoms. The molecule has 6 nitrogen and oxygen atoms in total. The van der Waals surface area contributed by atoms with Crippen LogP contribution in [0, 0.1) is 0 Å². The molecule has 7 heteroatoms. The number of aromatic nitrogens is 2. The molecule has 2 unspecified atom stereocenters. The molecule has 156 valence electrons. The Bertz CT molecular complexity index is 836. The molecule has 2 fully saturated rings. The SMILES string of the molecule is Clc1ccc2c(c1)CCC(Nc1nnc(CC3CCCCN3C3CCCC3)o1)O2. The number of fused-ring (bicyclic) bond motifs is 1. The van der Waals surface area contributed by atoms with Crippen molar-refractivity contribution in [1.82, 2.24) is 15.1 Å². The lowest BCUT2D eigenvalue weighted by Gasteiger charge is -2.39. The van der Waals surface area contributed by atoms with Crippen molar-refractivity contribution in [3.8, 4) is 5.75 Å². The number of aryl methyl sites for hydroxylation is 1. The molecule has 1 aromatic carbocycles. The summed E-state index contributed by atoms with van der Waals surface area (Å²) < 4.78 is 12.0. The van der Waals surface area contributed by atoms with Crippen LogP contribution in [-0.2, 0) is 12.8 Å². The van der Waals surface area contributed by atoms with E-state index in [2.05, 4.69) is 20.4 Å². The second-order valence-electron chi connectivity index (χ2n) is 8.57. The van der Waals surface area contributed by atoms with Gasteiger partial charge in [0.2, 0.25) is 5.89 Å². The highest BCUT2D eigenvalue weighted by Gasteiger charge is 2.32. The van der Waals surface area contributed by atoms with E-state index in [9.17, 15) is 0 Å². The number of benzene rings is 1. The molecule has 1 N–H and O–H groups in total. The maximum atomic E-state index is 6.07. The monoisotopic (exact) mass is 416 g/mol. The topological polar surface area (TPSA) is 63.4 Å². The molecule has 2 atom stereocenters. The number of nitrogens with zero attached hydrogens (tertiary/aromatic N) is 3. The summed E-state index contributed by atoms with van der Waals surface area (Å²) in [6, 6.07) is 7.48. The van der Waals surface area contributed by atoms with Gasteiger partial charge in [-0.15, -0.1) is 5.10 Å². The van der Waals surface area contributed by atoms with Gasteiger partial charge in [-0.3, -0.25) is 4.90 Å². The first kappa shape index (κ1) is 19.2. The fourth-order valence-electron chi connectivity index (χ4n) is 5.15. The average Bonchev–Trinajstić information content (AvgIpc) is 3.41. The molecule has 1 saturated carbocycles. The molecule has 29 heavy (non-hydrogen) atoms. The number of rotatable bonds is 5. The Morgan fingerprint density at radius 1 is 1.07 bits per heavy atom. The molecule has 5 rings (SSSR count). The summed E-state index contributed by atoms with van der Waals surface area (Å²) in [5.41, 5.74) is 1.14. The summed E-state index contributed by atoms with van der Waals surface area (Å²) in [6.45, 7) is 1.22. The zero-order chi connectivity index (χ0) is 19.6. The van der Waals surface area contributed by atoms with Crippen LogP contribution in [0.5, 0.6) is 5.75 Å². The minimum absolute atomic E-state index is 0.165. The molecular weight excluding hydrogens is 388 g/mol. The Labute approximate surface area is 177 Å². The van der Waals surface area contributed by atoms with Crippen molar-refractivity contribution in [2.24, 2.45) is 0 Å². The highest BCUT2D eigenvalue weighted by molar-refractivity contribution is 6.30. The van der Waals surface area contributed by atoms with E-state index in [0.717, 1.165) is 47.5 Å². The van der Waals surface area contributed by atoms with Gasteiger partial charge in [0.25, 0.3) is 0 Å². The highest BCUT2D eigenvalue weighted by atomic mass is 35.5. The second kappa shape index (κ2) is 8.52. The molecule has 0 radical (unpaired) electrons. The van der Waals surface area contributed by atoms with Gasteiger partial charge in [-0.25, -0.2) is 0 Å². The smallest absolute Gasteiger partial charge is 0.318 e. The molecule has 2 aromatic rings.